The molecule has 0 spiro atoms. The predicted molar refractivity (Wildman–Crippen MR) is 91.6 cm³/mol. The van der Waals surface area contributed by atoms with Crippen LogP contribution in [0, 0.1) is 5.92 Å². The van der Waals surface area contributed by atoms with Gasteiger partial charge in [0.05, 0.1) is 5.56 Å². The summed E-state index contributed by atoms with van der Waals surface area (Å²) in [7, 11) is 0. The number of para-hydroxylation sites is 1. The van der Waals surface area contributed by atoms with Crippen LogP contribution in [0.1, 0.15) is 24.0 Å². The molecule has 26 heavy (non-hydrogen) atoms. The van der Waals surface area contributed by atoms with Gasteiger partial charge in [0.25, 0.3) is 0 Å². The van der Waals surface area contributed by atoms with Crippen molar-refractivity contribution >= 4 is 23.2 Å². The van der Waals surface area contributed by atoms with Gasteiger partial charge in [-0.25, -0.2) is 0 Å². The van der Waals surface area contributed by atoms with E-state index in [1.807, 2.05) is 24.3 Å². The monoisotopic (exact) mass is 362 g/mol. The van der Waals surface area contributed by atoms with Gasteiger partial charge in [-0.1, -0.05) is 24.3 Å². The second kappa shape index (κ2) is 7.19. The second-order valence-corrected chi connectivity index (χ2v) is 6.21. The van der Waals surface area contributed by atoms with E-state index in [4.69, 9.17) is 0 Å². The summed E-state index contributed by atoms with van der Waals surface area (Å²) < 4.78 is 38.1. The number of fused-ring (bicyclic) bond motifs is 1. The zero-order chi connectivity index (χ0) is 18.7. The molecule has 0 bridgehead atoms. The average molecular weight is 362 g/mol. The molecule has 4 nitrogen and oxygen atoms in total. The fraction of sp³-hybridized carbons (Fsp3) is 0.263. The highest BCUT2D eigenvalue weighted by molar-refractivity contribution is 5.96. The van der Waals surface area contributed by atoms with Crippen LogP contribution in [0.3, 0.4) is 0 Å². The van der Waals surface area contributed by atoms with Crippen LogP contribution in [0.15, 0.2) is 48.5 Å². The van der Waals surface area contributed by atoms with Crippen molar-refractivity contribution < 1.29 is 22.8 Å². The van der Waals surface area contributed by atoms with E-state index in [0.717, 1.165) is 23.4 Å². The van der Waals surface area contributed by atoms with E-state index in [1.165, 1.54) is 12.1 Å². The molecule has 2 aromatic rings. The first kappa shape index (κ1) is 18.0. The van der Waals surface area contributed by atoms with Crippen LogP contribution in [0.25, 0.3) is 0 Å². The molecule has 0 saturated carbocycles. The van der Waals surface area contributed by atoms with Gasteiger partial charge in [0.1, 0.15) is 0 Å². The molecule has 0 radical (unpaired) electrons. The first-order valence-corrected chi connectivity index (χ1v) is 8.19. The van der Waals surface area contributed by atoms with Gasteiger partial charge < -0.3 is 10.6 Å². The number of alkyl halides is 3. The summed E-state index contributed by atoms with van der Waals surface area (Å²) in [6, 6.07) is 11.9. The number of hydrogen-bond acceptors (Lipinski definition) is 2. The van der Waals surface area contributed by atoms with E-state index < -0.39 is 17.6 Å². The van der Waals surface area contributed by atoms with E-state index in [0.29, 0.717) is 12.8 Å². The Bertz CT molecular complexity index is 834. The van der Waals surface area contributed by atoms with Crippen molar-refractivity contribution in [3.8, 4) is 0 Å². The second-order valence-electron chi connectivity index (χ2n) is 6.21. The van der Waals surface area contributed by atoms with Crippen LogP contribution < -0.4 is 10.6 Å². The normalized spacial score (nSPS) is 16.6. The summed E-state index contributed by atoms with van der Waals surface area (Å²) >= 11 is 0. The van der Waals surface area contributed by atoms with Crippen molar-refractivity contribution in [3.63, 3.8) is 0 Å². The van der Waals surface area contributed by atoms with Gasteiger partial charge in [-0.15, -0.1) is 0 Å². The molecule has 0 aromatic heterocycles. The lowest BCUT2D eigenvalue weighted by Crippen LogP contribution is -2.30. The molecule has 2 N–H and O–H groups in total. The Hall–Kier alpha value is -2.83. The van der Waals surface area contributed by atoms with E-state index >= 15 is 0 Å². The average Bonchev–Trinajstić information content (AvgIpc) is 2.59. The Labute approximate surface area is 148 Å². The third-order valence-electron chi connectivity index (χ3n) is 4.31. The minimum Gasteiger partial charge on any atom is -0.326 e. The van der Waals surface area contributed by atoms with Gasteiger partial charge >= 0.3 is 6.18 Å². The van der Waals surface area contributed by atoms with Gasteiger partial charge in [-0.2, -0.15) is 13.2 Å². The number of rotatable bonds is 4. The van der Waals surface area contributed by atoms with Crippen molar-refractivity contribution in [2.75, 3.05) is 10.6 Å². The van der Waals surface area contributed by atoms with Crippen LogP contribution in [0.2, 0.25) is 0 Å². The molecular weight excluding hydrogens is 345 g/mol. The standard InChI is InChI=1S/C19H17F3N2O2/c20-19(21,22)14-5-3-6-15(11-14)23-17(25)9-8-13-10-12-4-1-2-7-16(12)24-18(13)26/h1-7,11,13H,8-10H2,(H,23,25)(H,24,26). The summed E-state index contributed by atoms with van der Waals surface area (Å²) in [5.41, 5.74) is 1.05. The predicted octanol–water partition coefficient (Wildman–Crippen LogP) is 4.24. The first-order chi connectivity index (χ1) is 12.3. The van der Waals surface area contributed by atoms with Crippen molar-refractivity contribution in [2.24, 2.45) is 5.92 Å². The fourth-order valence-corrected chi connectivity index (χ4v) is 2.95. The molecule has 2 amide bonds. The molecule has 1 unspecified atom stereocenters. The Morgan fingerprint density at radius 2 is 1.92 bits per heavy atom. The summed E-state index contributed by atoms with van der Waals surface area (Å²) in [4.78, 5) is 24.2. The Morgan fingerprint density at radius 1 is 1.15 bits per heavy atom. The molecule has 136 valence electrons. The molecule has 7 heteroatoms. The molecule has 1 atom stereocenters. The maximum Gasteiger partial charge on any atom is 0.416 e. The van der Waals surface area contributed by atoms with Crippen LogP contribution >= 0.6 is 0 Å². The third-order valence-corrected chi connectivity index (χ3v) is 4.31. The van der Waals surface area contributed by atoms with Crippen LogP contribution in [0.5, 0.6) is 0 Å². The van der Waals surface area contributed by atoms with Crippen LogP contribution in [-0.2, 0) is 22.2 Å². The molecular formula is C19H17F3N2O2. The van der Waals surface area contributed by atoms with Gasteiger partial charge in [0, 0.05) is 23.7 Å². The smallest absolute Gasteiger partial charge is 0.326 e. The maximum atomic E-state index is 12.7. The first-order valence-electron chi connectivity index (χ1n) is 8.19. The van der Waals surface area contributed by atoms with Crippen molar-refractivity contribution in [1.82, 2.24) is 0 Å². The molecule has 2 aromatic carbocycles. The summed E-state index contributed by atoms with van der Waals surface area (Å²) in [5.74, 6) is -0.899. The highest BCUT2D eigenvalue weighted by Crippen LogP contribution is 2.31. The zero-order valence-electron chi connectivity index (χ0n) is 13.8. The Kier molecular flexibility index (Phi) is 4.97. The van der Waals surface area contributed by atoms with Gasteiger partial charge in [-0.3, -0.25) is 9.59 Å². The number of nitrogens with one attached hydrogen (secondary N) is 2. The van der Waals surface area contributed by atoms with Crippen molar-refractivity contribution in [3.05, 3.63) is 59.7 Å². The van der Waals surface area contributed by atoms with Crippen LogP contribution in [-0.4, -0.2) is 11.8 Å². The minimum atomic E-state index is -4.46. The Morgan fingerprint density at radius 3 is 2.69 bits per heavy atom. The van der Waals surface area contributed by atoms with Crippen LogP contribution in [0.4, 0.5) is 24.5 Å². The maximum absolute atomic E-state index is 12.7. The Balaban J connectivity index is 1.57. The minimum absolute atomic E-state index is 0.0521. The lowest BCUT2D eigenvalue weighted by atomic mass is 9.89. The molecule has 0 saturated heterocycles. The number of carbonyl (C=O) groups is 2. The quantitative estimate of drug-likeness (QED) is 0.855. The van der Waals surface area contributed by atoms with E-state index in [-0.39, 0.29) is 23.9 Å². The number of hydrogen-bond donors (Lipinski definition) is 2. The number of anilines is 2. The number of amides is 2. The zero-order valence-corrected chi connectivity index (χ0v) is 13.8. The van der Waals surface area contributed by atoms with Crippen molar-refractivity contribution in [2.45, 2.75) is 25.4 Å². The number of carbonyl (C=O) groups excluding carboxylic acids is 2. The molecule has 1 aliphatic rings. The third kappa shape index (κ3) is 4.22. The lowest BCUT2D eigenvalue weighted by molar-refractivity contribution is -0.137. The van der Waals surface area contributed by atoms with E-state index in [1.54, 1.807) is 0 Å². The van der Waals surface area contributed by atoms with Crippen molar-refractivity contribution in [1.29, 1.82) is 0 Å². The number of benzene rings is 2. The lowest BCUT2D eigenvalue weighted by Gasteiger charge is -2.24. The van der Waals surface area contributed by atoms with Gasteiger partial charge in [-0.05, 0) is 42.7 Å². The topological polar surface area (TPSA) is 58.2 Å². The highest BCUT2D eigenvalue weighted by atomic mass is 19.4. The molecule has 0 fully saturated rings. The number of halogens is 3. The fourth-order valence-electron chi connectivity index (χ4n) is 2.95. The molecule has 3 rings (SSSR count). The van der Waals surface area contributed by atoms with Gasteiger partial charge in [0.2, 0.25) is 11.8 Å². The highest BCUT2D eigenvalue weighted by Gasteiger charge is 2.30. The molecule has 0 aliphatic carbocycles. The molecule has 1 heterocycles. The summed E-state index contributed by atoms with van der Waals surface area (Å²) in [6.07, 6.45) is -3.55. The molecule has 1 aliphatic heterocycles. The summed E-state index contributed by atoms with van der Waals surface area (Å²) in [6.45, 7) is 0. The van der Waals surface area contributed by atoms with E-state index in [9.17, 15) is 22.8 Å². The summed E-state index contributed by atoms with van der Waals surface area (Å²) in [5, 5.41) is 5.27. The van der Waals surface area contributed by atoms with E-state index in [2.05, 4.69) is 10.6 Å². The SMILES string of the molecule is O=C(CCC1Cc2ccccc2NC1=O)Nc1cccc(C(F)(F)F)c1. The van der Waals surface area contributed by atoms with Gasteiger partial charge in [0.15, 0.2) is 0 Å². The largest absolute Gasteiger partial charge is 0.416 e.